The van der Waals surface area contributed by atoms with Gasteiger partial charge in [0.05, 0.1) is 18.4 Å². The third kappa shape index (κ3) is 2.85. The molecule has 2 atom stereocenters. The van der Waals surface area contributed by atoms with E-state index in [4.69, 9.17) is 9.47 Å². The Kier molecular flexibility index (Phi) is 4.60. The van der Waals surface area contributed by atoms with Gasteiger partial charge in [-0.15, -0.1) is 0 Å². The summed E-state index contributed by atoms with van der Waals surface area (Å²) in [7, 11) is 1.47. The van der Waals surface area contributed by atoms with E-state index in [2.05, 4.69) is 4.99 Å². The predicted molar refractivity (Wildman–Crippen MR) is 101 cm³/mol. The highest BCUT2D eigenvalue weighted by Gasteiger charge is 2.60. The normalized spacial score (nSPS) is 23.6. The number of anilines is 1. The van der Waals surface area contributed by atoms with Gasteiger partial charge in [0.1, 0.15) is 29.0 Å². The highest BCUT2D eigenvalue weighted by atomic mass is 19.1. The van der Waals surface area contributed by atoms with Crippen molar-refractivity contribution < 1.29 is 32.6 Å². The van der Waals surface area contributed by atoms with Crippen LogP contribution in [-0.2, 0) is 24.8 Å². The first kappa shape index (κ1) is 19.7. The number of benzene rings is 2. The third-order valence-electron chi connectivity index (χ3n) is 5.15. The van der Waals surface area contributed by atoms with Gasteiger partial charge < -0.3 is 9.47 Å². The van der Waals surface area contributed by atoms with Crippen LogP contribution in [0.2, 0.25) is 0 Å². The minimum atomic E-state index is -2.30. The monoisotopic (exact) mass is 414 g/mol. The molecule has 2 heterocycles. The molecule has 2 aromatic rings. The first-order chi connectivity index (χ1) is 14.3. The number of halogens is 2. The molecule has 2 aliphatic rings. The lowest BCUT2D eigenvalue weighted by Crippen LogP contribution is -2.42. The van der Waals surface area contributed by atoms with E-state index in [0.717, 1.165) is 23.1 Å². The summed E-state index contributed by atoms with van der Waals surface area (Å²) in [5.41, 5.74) is -2.88. The smallest absolute Gasteiger partial charge is 0.354 e. The molecule has 0 aromatic heterocycles. The first-order valence-electron chi connectivity index (χ1n) is 9.03. The standard InChI is InChI=1S/C21H16F2N2O5/c1-11-20(28)30-21(24-11,18-15(22)4-3-5-16(18)23)14-10-17(26)25(19(14)27)12-6-8-13(29-2)9-7-12/h3-9,14H,10H2,1-2H3/t14-,21+/m0/s1. The van der Waals surface area contributed by atoms with Crippen molar-refractivity contribution in [1.29, 1.82) is 0 Å². The van der Waals surface area contributed by atoms with Crippen molar-refractivity contribution >= 4 is 29.2 Å². The quantitative estimate of drug-likeness (QED) is 0.567. The van der Waals surface area contributed by atoms with Crippen LogP contribution in [0.5, 0.6) is 5.75 Å². The van der Waals surface area contributed by atoms with Crippen molar-refractivity contribution in [2.45, 2.75) is 19.1 Å². The van der Waals surface area contributed by atoms with Crippen molar-refractivity contribution in [2.75, 3.05) is 12.0 Å². The summed E-state index contributed by atoms with van der Waals surface area (Å²) in [6.07, 6.45) is -0.442. The SMILES string of the molecule is COc1ccc(N2C(=O)C[C@H]([C@@]3(c4c(F)cccc4F)N=C(C)C(=O)O3)C2=O)cc1. The van der Waals surface area contributed by atoms with Crippen LogP contribution >= 0.6 is 0 Å². The molecule has 7 nitrogen and oxygen atoms in total. The number of imide groups is 1. The van der Waals surface area contributed by atoms with Gasteiger partial charge in [0.2, 0.25) is 17.5 Å². The molecule has 0 bridgehead atoms. The second-order valence-corrected chi connectivity index (χ2v) is 6.90. The van der Waals surface area contributed by atoms with E-state index in [1.165, 1.54) is 26.2 Å². The zero-order valence-electron chi connectivity index (χ0n) is 16.0. The number of methoxy groups -OCH3 is 1. The Morgan fingerprint density at radius 2 is 1.73 bits per heavy atom. The lowest BCUT2D eigenvalue weighted by molar-refractivity contribution is -0.156. The van der Waals surface area contributed by atoms with Crippen LogP contribution in [-0.4, -0.2) is 30.6 Å². The zero-order chi connectivity index (χ0) is 21.6. The summed E-state index contributed by atoms with van der Waals surface area (Å²) < 4.78 is 39.7. The Bertz CT molecular complexity index is 1080. The number of hydrogen-bond acceptors (Lipinski definition) is 6. The Labute approximate surface area is 169 Å². The van der Waals surface area contributed by atoms with Crippen LogP contribution in [0.3, 0.4) is 0 Å². The molecule has 1 fully saturated rings. The summed E-state index contributed by atoms with van der Waals surface area (Å²) in [6, 6.07) is 9.21. The molecule has 2 aromatic carbocycles. The molecule has 0 unspecified atom stereocenters. The highest BCUT2D eigenvalue weighted by Crippen LogP contribution is 2.47. The van der Waals surface area contributed by atoms with Gasteiger partial charge in [-0.25, -0.2) is 18.6 Å². The van der Waals surface area contributed by atoms with Crippen molar-refractivity contribution in [3.05, 3.63) is 59.7 Å². The molecule has 0 aliphatic carbocycles. The van der Waals surface area contributed by atoms with Crippen molar-refractivity contribution in [3.8, 4) is 5.75 Å². The summed E-state index contributed by atoms with van der Waals surface area (Å²) >= 11 is 0. The number of carbonyl (C=O) groups is 3. The van der Waals surface area contributed by atoms with Gasteiger partial charge in [-0.05, 0) is 43.3 Å². The molecular formula is C21H16F2N2O5. The van der Waals surface area contributed by atoms with Crippen LogP contribution in [0.15, 0.2) is 47.5 Å². The van der Waals surface area contributed by atoms with E-state index in [1.54, 1.807) is 12.1 Å². The van der Waals surface area contributed by atoms with Gasteiger partial charge >= 0.3 is 5.97 Å². The molecule has 0 saturated carbocycles. The number of carbonyl (C=O) groups excluding carboxylic acids is 3. The zero-order valence-corrected chi connectivity index (χ0v) is 16.0. The third-order valence-corrected chi connectivity index (χ3v) is 5.15. The fourth-order valence-electron chi connectivity index (χ4n) is 3.74. The predicted octanol–water partition coefficient (Wildman–Crippen LogP) is 2.72. The number of cyclic esters (lactones) is 1. The second-order valence-electron chi connectivity index (χ2n) is 6.90. The maximum absolute atomic E-state index is 14.7. The Hall–Kier alpha value is -3.62. The Morgan fingerprint density at radius 1 is 1.10 bits per heavy atom. The van der Waals surface area contributed by atoms with Crippen molar-refractivity contribution in [1.82, 2.24) is 0 Å². The fraction of sp³-hybridized carbons (Fsp3) is 0.238. The maximum atomic E-state index is 14.7. The van der Waals surface area contributed by atoms with E-state index in [0.29, 0.717) is 5.75 Å². The van der Waals surface area contributed by atoms with Gasteiger partial charge in [-0.3, -0.25) is 14.5 Å². The number of ether oxygens (including phenoxy) is 2. The molecule has 0 N–H and O–H groups in total. The van der Waals surface area contributed by atoms with Crippen LogP contribution in [0, 0.1) is 17.6 Å². The van der Waals surface area contributed by atoms with Gasteiger partial charge in [-0.1, -0.05) is 6.07 Å². The summed E-state index contributed by atoms with van der Waals surface area (Å²) in [5.74, 6) is -5.29. The van der Waals surface area contributed by atoms with Crippen LogP contribution in [0.4, 0.5) is 14.5 Å². The topological polar surface area (TPSA) is 85.3 Å². The van der Waals surface area contributed by atoms with Crippen LogP contribution in [0.25, 0.3) is 0 Å². The summed E-state index contributed by atoms with van der Waals surface area (Å²) in [4.78, 5) is 43.0. The number of nitrogens with zero attached hydrogens (tertiary/aromatic N) is 2. The molecule has 2 aliphatic heterocycles. The Balaban J connectivity index is 1.82. The van der Waals surface area contributed by atoms with E-state index in [9.17, 15) is 23.2 Å². The fourth-order valence-corrected chi connectivity index (χ4v) is 3.74. The van der Waals surface area contributed by atoms with E-state index in [-0.39, 0.29) is 11.4 Å². The molecule has 4 rings (SSSR count). The van der Waals surface area contributed by atoms with E-state index in [1.807, 2.05) is 0 Å². The molecule has 2 amide bonds. The van der Waals surface area contributed by atoms with Gasteiger partial charge in [0, 0.05) is 6.42 Å². The maximum Gasteiger partial charge on any atom is 0.354 e. The van der Waals surface area contributed by atoms with E-state index < -0.39 is 53.0 Å². The van der Waals surface area contributed by atoms with Gasteiger partial charge in [0.25, 0.3) is 0 Å². The molecule has 0 spiro atoms. The van der Waals surface area contributed by atoms with Crippen molar-refractivity contribution in [2.24, 2.45) is 10.9 Å². The molecule has 1 saturated heterocycles. The molecule has 154 valence electrons. The largest absolute Gasteiger partial charge is 0.497 e. The number of amides is 2. The molecular weight excluding hydrogens is 398 g/mol. The minimum Gasteiger partial charge on any atom is -0.497 e. The van der Waals surface area contributed by atoms with E-state index >= 15 is 0 Å². The molecule has 0 radical (unpaired) electrons. The summed E-state index contributed by atoms with van der Waals surface area (Å²) in [6.45, 7) is 1.31. The van der Waals surface area contributed by atoms with Gasteiger partial charge in [-0.2, -0.15) is 0 Å². The number of rotatable bonds is 4. The number of esters is 1. The van der Waals surface area contributed by atoms with Gasteiger partial charge in [0.15, 0.2) is 0 Å². The highest BCUT2D eigenvalue weighted by molar-refractivity contribution is 6.37. The lowest BCUT2D eigenvalue weighted by atomic mass is 9.87. The lowest BCUT2D eigenvalue weighted by Gasteiger charge is -2.30. The molecule has 9 heteroatoms. The Morgan fingerprint density at radius 3 is 2.27 bits per heavy atom. The van der Waals surface area contributed by atoms with Crippen LogP contribution < -0.4 is 9.64 Å². The second kappa shape index (κ2) is 7.01. The summed E-state index contributed by atoms with van der Waals surface area (Å²) in [5, 5.41) is 0. The molecule has 30 heavy (non-hydrogen) atoms. The van der Waals surface area contributed by atoms with Crippen LogP contribution in [0.1, 0.15) is 18.9 Å². The number of aliphatic imine (C=N–C) groups is 1. The first-order valence-corrected chi connectivity index (χ1v) is 9.03. The number of hydrogen-bond donors (Lipinski definition) is 0. The average molecular weight is 414 g/mol. The minimum absolute atomic E-state index is 0.152. The van der Waals surface area contributed by atoms with Crippen molar-refractivity contribution in [3.63, 3.8) is 0 Å². The average Bonchev–Trinajstić information content (AvgIpc) is 3.18.